The molecule has 0 spiro atoms. The van der Waals surface area contributed by atoms with Crippen LogP contribution in [0, 0.1) is 0 Å². The predicted molar refractivity (Wildman–Crippen MR) is 79.1 cm³/mol. The van der Waals surface area contributed by atoms with E-state index >= 15 is 0 Å². The van der Waals surface area contributed by atoms with Crippen LogP contribution in [-0.4, -0.2) is 41.9 Å². The molecule has 0 bridgehead atoms. The summed E-state index contributed by atoms with van der Waals surface area (Å²) in [6, 6.07) is 9.26. The molecule has 0 aliphatic carbocycles. The zero-order valence-electron chi connectivity index (χ0n) is 12.4. The summed E-state index contributed by atoms with van der Waals surface area (Å²) in [4.78, 5) is 23.2. The van der Waals surface area contributed by atoms with Gasteiger partial charge in [0.25, 0.3) is 5.91 Å². The number of aromatic nitrogens is 2. The van der Waals surface area contributed by atoms with Gasteiger partial charge in [0, 0.05) is 7.05 Å². The lowest BCUT2D eigenvalue weighted by molar-refractivity contribution is -0.122. The number of amides is 1. The molecular formula is C15H17N3O4. The Morgan fingerprint density at radius 1 is 1.27 bits per heavy atom. The minimum atomic E-state index is -0.593. The van der Waals surface area contributed by atoms with E-state index in [9.17, 15) is 9.59 Å². The summed E-state index contributed by atoms with van der Waals surface area (Å²) in [6.45, 7) is 1.73. The number of nitrogens with one attached hydrogen (secondary N) is 1. The molecule has 0 aliphatic rings. The van der Waals surface area contributed by atoms with Gasteiger partial charge >= 0.3 is 5.97 Å². The molecule has 2 aromatic rings. The first kappa shape index (κ1) is 15.6. The van der Waals surface area contributed by atoms with Crippen molar-refractivity contribution >= 4 is 11.9 Å². The molecule has 0 saturated carbocycles. The Balaban J connectivity index is 2.30. The third-order valence-corrected chi connectivity index (χ3v) is 2.81. The lowest BCUT2D eigenvalue weighted by Gasteiger charge is -2.04. The molecule has 0 fully saturated rings. The summed E-state index contributed by atoms with van der Waals surface area (Å²) in [5, 5.41) is 6.63. The first-order chi connectivity index (χ1) is 10.7. The Morgan fingerprint density at radius 2 is 2.00 bits per heavy atom. The van der Waals surface area contributed by atoms with E-state index in [1.165, 1.54) is 11.7 Å². The number of ether oxygens (including phenoxy) is 2. The highest BCUT2D eigenvalue weighted by atomic mass is 16.5. The zero-order chi connectivity index (χ0) is 15.9. The van der Waals surface area contributed by atoms with Crippen LogP contribution >= 0.6 is 0 Å². The summed E-state index contributed by atoms with van der Waals surface area (Å²) in [5.74, 6) is -0.697. The molecule has 2 rings (SSSR count). The molecule has 0 radical (unpaired) electrons. The van der Waals surface area contributed by atoms with Gasteiger partial charge in [-0.15, -0.1) is 0 Å². The number of nitrogens with zero attached hydrogens (tertiary/aromatic N) is 2. The molecule has 7 nitrogen and oxygen atoms in total. The second-order valence-electron chi connectivity index (χ2n) is 4.30. The maximum Gasteiger partial charge on any atom is 0.362 e. The van der Waals surface area contributed by atoms with Crippen molar-refractivity contribution in [2.24, 2.45) is 0 Å². The number of para-hydroxylation sites is 1. The van der Waals surface area contributed by atoms with Crippen LogP contribution in [-0.2, 0) is 9.53 Å². The summed E-state index contributed by atoms with van der Waals surface area (Å²) in [5.41, 5.74) is 0.803. The molecule has 1 N–H and O–H groups in total. The lowest BCUT2D eigenvalue weighted by atomic mass is 10.3. The maximum absolute atomic E-state index is 11.9. The van der Waals surface area contributed by atoms with Crippen LogP contribution in [0.15, 0.2) is 36.5 Å². The lowest BCUT2D eigenvalue weighted by Crippen LogP contribution is -2.25. The average molecular weight is 303 g/mol. The van der Waals surface area contributed by atoms with Crippen LogP contribution in [0.2, 0.25) is 0 Å². The molecule has 0 atom stereocenters. The molecule has 7 heteroatoms. The molecule has 22 heavy (non-hydrogen) atoms. The number of benzene rings is 1. The first-order valence-electron chi connectivity index (χ1n) is 6.81. The van der Waals surface area contributed by atoms with Gasteiger partial charge in [-0.3, -0.25) is 4.79 Å². The second kappa shape index (κ2) is 7.26. The summed E-state index contributed by atoms with van der Waals surface area (Å²) < 4.78 is 11.8. The van der Waals surface area contributed by atoms with Gasteiger partial charge in [-0.2, -0.15) is 5.10 Å². The predicted octanol–water partition coefficient (Wildman–Crippen LogP) is 1.17. The van der Waals surface area contributed by atoms with Crippen LogP contribution in [0.1, 0.15) is 17.4 Å². The topological polar surface area (TPSA) is 82.4 Å². The van der Waals surface area contributed by atoms with Gasteiger partial charge in [-0.05, 0) is 19.1 Å². The van der Waals surface area contributed by atoms with Gasteiger partial charge in [-0.1, -0.05) is 18.2 Å². The molecule has 116 valence electrons. The number of carbonyl (C=O) groups is 2. The maximum atomic E-state index is 11.9. The number of hydrogen-bond donors (Lipinski definition) is 1. The van der Waals surface area contributed by atoms with E-state index in [1.54, 1.807) is 13.1 Å². The van der Waals surface area contributed by atoms with E-state index < -0.39 is 5.97 Å². The minimum Gasteiger partial charge on any atom is -0.480 e. The van der Waals surface area contributed by atoms with Crippen molar-refractivity contribution in [2.45, 2.75) is 6.92 Å². The fourth-order valence-electron chi connectivity index (χ4n) is 1.73. The third kappa shape index (κ3) is 3.63. The van der Waals surface area contributed by atoms with Gasteiger partial charge in [0.2, 0.25) is 5.69 Å². The van der Waals surface area contributed by atoms with Crippen LogP contribution in [0.5, 0.6) is 5.75 Å². The van der Waals surface area contributed by atoms with E-state index in [-0.39, 0.29) is 30.6 Å². The Bertz CT molecular complexity index is 652. The monoisotopic (exact) mass is 303 g/mol. The highest BCUT2D eigenvalue weighted by Gasteiger charge is 2.20. The van der Waals surface area contributed by atoms with E-state index in [2.05, 4.69) is 10.4 Å². The normalized spacial score (nSPS) is 10.1. The van der Waals surface area contributed by atoms with Gasteiger partial charge in [0.15, 0.2) is 12.4 Å². The highest BCUT2D eigenvalue weighted by molar-refractivity contribution is 5.90. The van der Waals surface area contributed by atoms with Crippen LogP contribution in [0.3, 0.4) is 0 Å². The molecule has 1 aromatic carbocycles. The number of likely N-dealkylation sites (N-methyl/N-ethyl adjacent to an activating group) is 1. The van der Waals surface area contributed by atoms with E-state index in [0.717, 1.165) is 5.69 Å². The number of esters is 1. The fourth-order valence-corrected chi connectivity index (χ4v) is 1.73. The van der Waals surface area contributed by atoms with Crippen molar-refractivity contribution in [1.82, 2.24) is 15.1 Å². The van der Waals surface area contributed by atoms with Crippen molar-refractivity contribution in [2.75, 3.05) is 20.3 Å². The van der Waals surface area contributed by atoms with Gasteiger partial charge in [-0.25, -0.2) is 9.48 Å². The van der Waals surface area contributed by atoms with Crippen molar-refractivity contribution in [3.05, 3.63) is 42.2 Å². The minimum absolute atomic E-state index is 0.0367. The molecular weight excluding hydrogens is 286 g/mol. The van der Waals surface area contributed by atoms with Crippen LogP contribution in [0.4, 0.5) is 0 Å². The SMILES string of the molecule is CCOC(=O)c1nn(-c2ccccc2)cc1OCC(=O)NC. The fraction of sp³-hybridized carbons (Fsp3) is 0.267. The summed E-state index contributed by atoms with van der Waals surface area (Å²) in [7, 11) is 1.51. The quantitative estimate of drug-likeness (QED) is 0.810. The molecule has 0 saturated heterocycles. The average Bonchev–Trinajstić information content (AvgIpc) is 2.98. The number of rotatable bonds is 6. The van der Waals surface area contributed by atoms with Crippen LogP contribution in [0.25, 0.3) is 5.69 Å². The standard InChI is InChI=1S/C15H17N3O4/c1-3-21-15(20)14-12(22-10-13(19)16-2)9-18(17-14)11-7-5-4-6-8-11/h4-9H,3,10H2,1-2H3,(H,16,19). The van der Waals surface area contributed by atoms with E-state index in [0.29, 0.717) is 0 Å². The van der Waals surface area contributed by atoms with Crippen molar-refractivity contribution in [1.29, 1.82) is 0 Å². The second-order valence-corrected chi connectivity index (χ2v) is 4.30. The first-order valence-corrected chi connectivity index (χ1v) is 6.81. The Morgan fingerprint density at radius 3 is 2.64 bits per heavy atom. The summed E-state index contributed by atoms with van der Waals surface area (Å²) in [6.07, 6.45) is 1.55. The Labute approximate surface area is 127 Å². The van der Waals surface area contributed by atoms with Crippen LogP contribution < -0.4 is 10.1 Å². The Kier molecular flexibility index (Phi) is 5.13. The van der Waals surface area contributed by atoms with Crippen molar-refractivity contribution < 1.29 is 19.1 Å². The van der Waals surface area contributed by atoms with E-state index in [1.807, 2.05) is 30.3 Å². The van der Waals surface area contributed by atoms with Gasteiger partial charge in [0.05, 0.1) is 18.5 Å². The molecule has 1 heterocycles. The van der Waals surface area contributed by atoms with Gasteiger partial charge in [0.1, 0.15) is 0 Å². The Hall–Kier alpha value is -2.83. The molecule has 1 amide bonds. The van der Waals surface area contributed by atoms with E-state index in [4.69, 9.17) is 9.47 Å². The molecule has 0 unspecified atom stereocenters. The summed E-state index contributed by atoms with van der Waals surface area (Å²) >= 11 is 0. The third-order valence-electron chi connectivity index (χ3n) is 2.81. The number of carbonyl (C=O) groups excluding carboxylic acids is 2. The van der Waals surface area contributed by atoms with Crippen molar-refractivity contribution in [3.63, 3.8) is 0 Å². The molecule has 0 aliphatic heterocycles. The largest absolute Gasteiger partial charge is 0.480 e. The van der Waals surface area contributed by atoms with Gasteiger partial charge < -0.3 is 14.8 Å². The smallest absolute Gasteiger partial charge is 0.362 e. The van der Waals surface area contributed by atoms with Crippen molar-refractivity contribution in [3.8, 4) is 11.4 Å². The zero-order valence-corrected chi connectivity index (χ0v) is 12.4. The highest BCUT2D eigenvalue weighted by Crippen LogP contribution is 2.20. The molecule has 1 aromatic heterocycles. The number of hydrogen-bond acceptors (Lipinski definition) is 5.